The van der Waals surface area contributed by atoms with Gasteiger partial charge in [0, 0.05) is 5.02 Å². The predicted molar refractivity (Wildman–Crippen MR) is 54.3 cm³/mol. The second-order valence-electron chi connectivity index (χ2n) is 2.64. The van der Waals surface area contributed by atoms with Crippen molar-refractivity contribution in [1.82, 2.24) is 15.0 Å². The summed E-state index contributed by atoms with van der Waals surface area (Å²) in [6.45, 7) is 0. The first kappa shape index (κ1) is 8.79. The minimum Gasteiger partial charge on any atom is -0.155 e. The molecule has 0 saturated heterocycles. The Kier molecular flexibility index (Phi) is 2.21. The number of rotatable bonds is 1. The molecule has 0 spiro atoms. The molecule has 0 aliphatic heterocycles. The van der Waals surface area contributed by atoms with Crippen LogP contribution in [0, 0.1) is 12.3 Å². The average molecular weight is 204 g/mol. The van der Waals surface area contributed by atoms with Crippen LogP contribution in [0.15, 0.2) is 30.5 Å². The van der Waals surface area contributed by atoms with Crippen LogP contribution in [-0.4, -0.2) is 15.0 Å². The molecule has 0 bridgehead atoms. The standard InChI is InChI=1S/C10H6ClN3/c1-2-9-7-12-14(13-9)10-5-3-8(11)4-6-10/h1,3-7H. The van der Waals surface area contributed by atoms with E-state index in [4.69, 9.17) is 18.0 Å². The zero-order chi connectivity index (χ0) is 9.97. The first-order valence-electron chi connectivity index (χ1n) is 3.94. The Balaban J connectivity index is 2.40. The van der Waals surface area contributed by atoms with E-state index in [-0.39, 0.29) is 0 Å². The van der Waals surface area contributed by atoms with E-state index in [0.29, 0.717) is 10.7 Å². The fourth-order valence-electron chi connectivity index (χ4n) is 1.03. The quantitative estimate of drug-likeness (QED) is 0.663. The van der Waals surface area contributed by atoms with Gasteiger partial charge in [-0.2, -0.15) is 9.90 Å². The van der Waals surface area contributed by atoms with Crippen molar-refractivity contribution in [3.05, 3.63) is 41.2 Å². The molecule has 0 amide bonds. The Morgan fingerprint density at radius 3 is 2.57 bits per heavy atom. The van der Waals surface area contributed by atoms with Crippen LogP contribution in [0.5, 0.6) is 0 Å². The van der Waals surface area contributed by atoms with E-state index in [1.165, 1.54) is 11.0 Å². The third kappa shape index (κ3) is 1.61. The number of aromatic nitrogens is 3. The second-order valence-corrected chi connectivity index (χ2v) is 3.08. The van der Waals surface area contributed by atoms with Crippen molar-refractivity contribution in [2.24, 2.45) is 0 Å². The number of hydrogen-bond acceptors (Lipinski definition) is 2. The zero-order valence-corrected chi connectivity index (χ0v) is 7.94. The Bertz CT molecular complexity index is 479. The smallest absolute Gasteiger partial charge is 0.155 e. The molecule has 0 saturated carbocycles. The maximum Gasteiger partial charge on any atom is 0.155 e. The molecule has 0 aliphatic carbocycles. The van der Waals surface area contributed by atoms with Crippen molar-refractivity contribution in [2.75, 3.05) is 0 Å². The summed E-state index contributed by atoms with van der Waals surface area (Å²) in [6.07, 6.45) is 6.71. The lowest BCUT2D eigenvalue weighted by Gasteiger charge is -1.97. The van der Waals surface area contributed by atoms with Crippen molar-refractivity contribution >= 4 is 11.6 Å². The molecule has 1 aromatic carbocycles. The molecule has 1 aromatic heterocycles. The lowest BCUT2D eigenvalue weighted by atomic mass is 10.3. The van der Waals surface area contributed by atoms with Gasteiger partial charge in [0.15, 0.2) is 5.69 Å². The first-order valence-corrected chi connectivity index (χ1v) is 4.32. The lowest BCUT2D eigenvalue weighted by molar-refractivity contribution is 0.750. The Labute approximate surface area is 86.3 Å². The molecule has 14 heavy (non-hydrogen) atoms. The summed E-state index contributed by atoms with van der Waals surface area (Å²) >= 11 is 5.75. The molecule has 4 heteroatoms. The monoisotopic (exact) mass is 203 g/mol. The maximum atomic E-state index is 5.75. The number of hydrogen-bond donors (Lipinski definition) is 0. The van der Waals surface area contributed by atoms with E-state index in [1.54, 1.807) is 12.1 Å². The number of halogens is 1. The van der Waals surface area contributed by atoms with Gasteiger partial charge in [0.25, 0.3) is 0 Å². The molecule has 1 heterocycles. The largest absolute Gasteiger partial charge is 0.155 e. The van der Waals surface area contributed by atoms with Crippen molar-refractivity contribution in [2.45, 2.75) is 0 Å². The number of nitrogens with zero attached hydrogens (tertiary/aromatic N) is 3. The van der Waals surface area contributed by atoms with E-state index in [1.807, 2.05) is 12.1 Å². The summed E-state index contributed by atoms with van der Waals surface area (Å²) in [5.74, 6) is 2.41. The average Bonchev–Trinajstić information content (AvgIpc) is 2.67. The van der Waals surface area contributed by atoms with Crippen molar-refractivity contribution in [1.29, 1.82) is 0 Å². The van der Waals surface area contributed by atoms with Gasteiger partial charge in [-0.1, -0.05) is 11.6 Å². The van der Waals surface area contributed by atoms with Crippen LogP contribution in [-0.2, 0) is 0 Å². The summed E-state index contributed by atoms with van der Waals surface area (Å²) in [6, 6.07) is 7.19. The minimum atomic E-state index is 0.514. The van der Waals surface area contributed by atoms with Crippen LogP contribution >= 0.6 is 11.6 Å². The van der Waals surface area contributed by atoms with Gasteiger partial charge in [-0.15, -0.1) is 11.5 Å². The van der Waals surface area contributed by atoms with E-state index < -0.39 is 0 Å². The van der Waals surface area contributed by atoms with Crippen LogP contribution < -0.4 is 0 Å². The molecule has 0 atom stereocenters. The molecular weight excluding hydrogens is 198 g/mol. The predicted octanol–water partition coefficient (Wildman–Crippen LogP) is 1.90. The molecule has 2 rings (SSSR count). The van der Waals surface area contributed by atoms with Crippen LogP contribution in [0.25, 0.3) is 5.69 Å². The number of terminal acetylenes is 1. The van der Waals surface area contributed by atoms with E-state index in [2.05, 4.69) is 16.1 Å². The van der Waals surface area contributed by atoms with E-state index in [9.17, 15) is 0 Å². The van der Waals surface area contributed by atoms with Gasteiger partial charge in [-0.05, 0) is 30.2 Å². The molecule has 0 unspecified atom stereocenters. The Morgan fingerprint density at radius 2 is 2.00 bits per heavy atom. The molecular formula is C10H6ClN3. The minimum absolute atomic E-state index is 0.514. The Hall–Kier alpha value is -1.79. The van der Waals surface area contributed by atoms with Crippen LogP contribution in [0.1, 0.15) is 5.69 Å². The van der Waals surface area contributed by atoms with Gasteiger partial charge in [0.05, 0.1) is 11.9 Å². The SMILES string of the molecule is C#Cc1cnn(-c2ccc(Cl)cc2)n1. The fourth-order valence-corrected chi connectivity index (χ4v) is 1.15. The van der Waals surface area contributed by atoms with Gasteiger partial charge in [0.2, 0.25) is 0 Å². The van der Waals surface area contributed by atoms with E-state index >= 15 is 0 Å². The summed E-state index contributed by atoms with van der Waals surface area (Å²) in [5.41, 5.74) is 1.34. The molecule has 0 N–H and O–H groups in total. The highest BCUT2D eigenvalue weighted by molar-refractivity contribution is 6.30. The lowest BCUT2D eigenvalue weighted by Crippen LogP contribution is -1.97. The zero-order valence-electron chi connectivity index (χ0n) is 7.18. The maximum absolute atomic E-state index is 5.75. The van der Waals surface area contributed by atoms with Gasteiger partial charge >= 0.3 is 0 Å². The summed E-state index contributed by atoms with van der Waals surface area (Å²) in [7, 11) is 0. The van der Waals surface area contributed by atoms with Gasteiger partial charge in [0.1, 0.15) is 0 Å². The second kappa shape index (κ2) is 3.52. The van der Waals surface area contributed by atoms with Gasteiger partial charge in [-0.3, -0.25) is 0 Å². The van der Waals surface area contributed by atoms with Crippen molar-refractivity contribution < 1.29 is 0 Å². The van der Waals surface area contributed by atoms with Crippen LogP contribution in [0.3, 0.4) is 0 Å². The van der Waals surface area contributed by atoms with Crippen LogP contribution in [0.2, 0.25) is 5.02 Å². The van der Waals surface area contributed by atoms with Crippen molar-refractivity contribution in [3.63, 3.8) is 0 Å². The molecule has 0 aliphatic rings. The normalized spacial score (nSPS) is 9.71. The summed E-state index contributed by atoms with van der Waals surface area (Å²) in [4.78, 5) is 1.46. The third-order valence-corrected chi connectivity index (χ3v) is 1.95. The van der Waals surface area contributed by atoms with E-state index in [0.717, 1.165) is 5.69 Å². The van der Waals surface area contributed by atoms with Gasteiger partial charge < -0.3 is 0 Å². The molecule has 2 aromatic rings. The molecule has 0 radical (unpaired) electrons. The van der Waals surface area contributed by atoms with Gasteiger partial charge in [-0.25, -0.2) is 0 Å². The van der Waals surface area contributed by atoms with Crippen molar-refractivity contribution in [3.8, 4) is 18.0 Å². The first-order chi connectivity index (χ1) is 6.79. The topological polar surface area (TPSA) is 30.7 Å². The third-order valence-electron chi connectivity index (χ3n) is 1.70. The highest BCUT2D eigenvalue weighted by Gasteiger charge is 1.99. The highest BCUT2D eigenvalue weighted by Crippen LogP contribution is 2.11. The molecule has 3 nitrogen and oxygen atoms in total. The molecule has 0 fully saturated rings. The Morgan fingerprint density at radius 1 is 1.29 bits per heavy atom. The van der Waals surface area contributed by atoms with Crippen LogP contribution in [0.4, 0.5) is 0 Å². The summed E-state index contributed by atoms with van der Waals surface area (Å²) < 4.78 is 0. The summed E-state index contributed by atoms with van der Waals surface area (Å²) in [5, 5.41) is 8.74. The fraction of sp³-hybridized carbons (Fsp3) is 0. The highest BCUT2D eigenvalue weighted by atomic mass is 35.5. The number of benzene rings is 1. The molecule has 68 valence electrons.